The van der Waals surface area contributed by atoms with E-state index in [2.05, 4.69) is 9.38 Å². The van der Waals surface area contributed by atoms with E-state index in [1.807, 2.05) is 45.8 Å². The Kier molecular flexibility index (Phi) is 5.80. The Morgan fingerprint density at radius 2 is 2.11 bits per heavy atom. The summed E-state index contributed by atoms with van der Waals surface area (Å²) in [5.74, 6) is 0. The fourth-order valence-electron chi connectivity index (χ4n) is 1.29. The van der Waals surface area contributed by atoms with Crippen molar-refractivity contribution in [1.29, 1.82) is 0 Å². The summed E-state index contributed by atoms with van der Waals surface area (Å²) >= 11 is 4.84. The van der Waals surface area contributed by atoms with E-state index in [-0.39, 0.29) is 4.75 Å². The summed E-state index contributed by atoms with van der Waals surface area (Å²) in [5.41, 5.74) is 1.57. The predicted molar refractivity (Wildman–Crippen MR) is 82.1 cm³/mol. The first-order chi connectivity index (χ1) is 8.70. The summed E-state index contributed by atoms with van der Waals surface area (Å²) < 4.78 is 15.4. The highest BCUT2D eigenvalue weighted by Gasteiger charge is 2.25. The molecule has 0 amide bonds. The normalized spacial score (nSPS) is 14.3. The Labute approximate surface area is 123 Å². The second-order valence-electron chi connectivity index (χ2n) is 5.54. The number of nitrogens with zero attached hydrogens (tertiary/aromatic N) is 3. The van der Waals surface area contributed by atoms with E-state index in [1.165, 1.54) is 6.21 Å². The van der Waals surface area contributed by atoms with Gasteiger partial charge in [-0.15, -0.1) is 0 Å². The molecule has 1 atom stereocenters. The van der Waals surface area contributed by atoms with Crippen molar-refractivity contribution in [2.24, 2.45) is 4.40 Å². The van der Waals surface area contributed by atoms with Gasteiger partial charge in [-0.25, -0.2) is 0 Å². The first-order valence-electron chi connectivity index (χ1n) is 5.95. The summed E-state index contributed by atoms with van der Waals surface area (Å²) in [4.78, 5) is 6.28. The number of aromatic nitrogens is 1. The minimum atomic E-state index is -1.30. The van der Waals surface area contributed by atoms with E-state index in [4.69, 9.17) is 11.6 Å². The number of rotatable bonds is 4. The number of pyridine rings is 1. The van der Waals surface area contributed by atoms with Crippen LogP contribution in [0.4, 0.5) is 0 Å². The third-order valence-electron chi connectivity index (χ3n) is 2.22. The molecule has 0 saturated heterocycles. The lowest BCUT2D eigenvalue weighted by molar-refractivity contribution is 0.402. The smallest absolute Gasteiger partial charge is 0.144 e. The van der Waals surface area contributed by atoms with Gasteiger partial charge in [0.1, 0.15) is 28.0 Å². The molecular formula is C13H20ClN3OS. The largest absolute Gasteiger partial charge is 0.591 e. The Morgan fingerprint density at radius 3 is 2.58 bits per heavy atom. The van der Waals surface area contributed by atoms with Crippen LogP contribution in [-0.4, -0.2) is 39.5 Å². The SMILES string of the molecule is CN(C)Cc1cnc(/C=N/[S+]([O-])C(C)(C)C)c(Cl)c1. The lowest BCUT2D eigenvalue weighted by atomic mass is 10.2. The van der Waals surface area contributed by atoms with Gasteiger partial charge in [0.15, 0.2) is 0 Å². The van der Waals surface area contributed by atoms with Gasteiger partial charge in [0.25, 0.3) is 0 Å². The zero-order valence-electron chi connectivity index (χ0n) is 12.0. The van der Waals surface area contributed by atoms with Crippen LogP contribution in [0.25, 0.3) is 0 Å². The van der Waals surface area contributed by atoms with Crippen LogP contribution in [0.15, 0.2) is 16.7 Å². The van der Waals surface area contributed by atoms with Gasteiger partial charge < -0.3 is 9.45 Å². The maximum atomic E-state index is 11.8. The van der Waals surface area contributed by atoms with Crippen LogP contribution in [0.1, 0.15) is 32.0 Å². The zero-order valence-corrected chi connectivity index (χ0v) is 13.5. The van der Waals surface area contributed by atoms with Crippen LogP contribution >= 0.6 is 11.6 Å². The molecule has 1 unspecified atom stereocenters. The summed E-state index contributed by atoms with van der Waals surface area (Å²) in [5, 5.41) is 0.522. The van der Waals surface area contributed by atoms with E-state index in [0.717, 1.165) is 12.1 Å². The van der Waals surface area contributed by atoms with Crippen LogP contribution in [0.2, 0.25) is 5.02 Å². The molecule has 19 heavy (non-hydrogen) atoms. The molecule has 1 aromatic heterocycles. The average Bonchev–Trinajstić information content (AvgIpc) is 2.25. The third-order valence-corrected chi connectivity index (χ3v) is 3.87. The fraction of sp³-hybridized carbons (Fsp3) is 0.538. The Bertz CT molecular complexity index is 458. The highest BCUT2D eigenvalue weighted by atomic mass is 35.5. The highest BCUT2D eigenvalue weighted by molar-refractivity contribution is 7.91. The van der Waals surface area contributed by atoms with Gasteiger partial charge in [0, 0.05) is 12.7 Å². The molecule has 1 aromatic rings. The van der Waals surface area contributed by atoms with Crippen molar-refractivity contribution in [3.05, 3.63) is 28.5 Å². The van der Waals surface area contributed by atoms with Gasteiger partial charge in [-0.2, -0.15) is 0 Å². The van der Waals surface area contributed by atoms with E-state index in [0.29, 0.717) is 10.7 Å². The summed E-state index contributed by atoms with van der Waals surface area (Å²) in [7, 11) is 3.96. The molecule has 0 aliphatic heterocycles. The lowest BCUT2D eigenvalue weighted by Gasteiger charge is -2.17. The first-order valence-corrected chi connectivity index (χ1v) is 7.44. The number of hydrogen-bond donors (Lipinski definition) is 0. The van der Waals surface area contributed by atoms with Crippen LogP contribution in [0, 0.1) is 0 Å². The number of halogens is 1. The molecule has 0 aliphatic rings. The lowest BCUT2D eigenvalue weighted by Crippen LogP contribution is -2.25. The van der Waals surface area contributed by atoms with Gasteiger partial charge >= 0.3 is 0 Å². The molecule has 0 radical (unpaired) electrons. The van der Waals surface area contributed by atoms with Gasteiger partial charge in [-0.1, -0.05) is 16.0 Å². The van der Waals surface area contributed by atoms with Crippen molar-refractivity contribution in [2.45, 2.75) is 32.1 Å². The second-order valence-corrected chi connectivity index (χ2v) is 7.89. The summed E-state index contributed by atoms with van der Waals surface area (Å²) in [6.07, 6.45) is 3.23. The van der Waals surface area contributed by atoms with Crippen LogP contribution in [0.3, 0.4) is 0 Å². The molecule has 0 N–H and O–H groups in total. The van der Waals surface area contributed by atoms with Gasteiger partial charge in [0.2, 0.25) is 0 Å². The molecule has 6 heteroatoms. The van der Waals surface area contributed by atoms with Gasteiger partial charge in [-0.3, -0.25) is 4.98 Å². The van der Waals surface area contributed by atoms with Crippen molar-refractivity contribution in [1.82, 2.24) is 9.88 Å². The molecule has 0 bridgehead atoms. The highest BCUT2D eigenvalue weighted by Crippen LogP contribution is 2.18. The molecule has 4 nitrogen and oxygen atoms in total. The Balaban J connectivity index is 2.83. The molecule has 0 saturated carbocycles. The third kappa shape index (κ3) is 5.48. The molecule has 0 aliphatic carbocycles. The van der Waals surface area contributed by atoms with Crippen molar-refractivity contribution in [3.8, 4) is 0 Å². The maximum Gasteiger partial charge on any atom is 0.144 e. The van der Waals surface area contributed by atoms with E-state index in [9.17, 15) is 4.55 Å². The minimum Gasteiger partial charge on any atom is -0.591 e. The summed E-state index contributed by atoms with van der Waals surface area (Å²) in [6, 6.07) is 1.86. The monoisotopic (exact) mass is 301 g/mol. The topological polar surface area (TPSA) is 51.5 Å². The average molecular weight is 302 g/mol. The predicted octanol–water partition coefficient (Wildman–Crippen LogP) is 2.68. The summed E-state index contributed by atoms with van der Waals surface area (Å²) in [6.45, 7) is 6.39. The van der Waals surface area contributed by atoms with E-state index in [1.54, 1.807) is 6.20 Å². The van der Waals surface area contributed by atoms with Gasteiger partial charge in [-0.05, 0) is 46.5 Å². The fourth-order valence-corrected chi connectivity index (χ4v) is 2.04. The van der Waals surface area contributed by atoms with E-state index < -0.39 is 11.4 Å². The van der Waals surface area contributed by atoms with Crippen molar-refractivity contribution in [2.75, 3.05) is 14.1 Å². The molecule has 0 aromatic carbocycles. The van der Waals surface area contributed by atoms with Crippen molar-refractivity contribution >= 4 is 29.2 Å². The Hall–Kier alpha value is -0.620. The quantitative estimate of drug-likeness (QED) is 0.634. The first kappa shape index (κ1) is 16.4. The molecular weight excluding hydrogens is 282 g/mol. The molecule has 0 fully saturated rings. The van der Waals surface area contributed by atoms with Crippen LogP contribution < -0.4 is 0 Å². The molecule has 0 spiro atoms. The standard InChI is InChI=1S/C13H20ClN3OS/c1-13(2,3)19(18)16-8-12-11(14)6-10(7-15-12)9-17(4)5/h6-8H,9H2,1-5H3/b16-8+. The molecule has 1 rings (SSSR count). The van der Waals surface area contributed by atoms with Crippen LogP contribution in [-0.2, 0) is 17.9 Å². The number of hydrogen-bond acceptors (Lipinski definition) is 4. The van der Waals surface area contributed by atoms with Gasteiger partial charge in [0.05, 0.1) is 5.02 Å². The zero-order chi connectivity index (χ0) is 14.6. The van der Waals surface area contributed by atoms with Crippen molar-refractivity contribution in [3.63, 3.8) is 0 Å². The Morgan fingerprint density at radius 1 is 1.47 bits per heavy atom. The maximum absolute atomic E-state index is 11.8. The van der Waals surface area contributed by atoms with Crippen LogP contribution in [0.5, 0.6) is 0 Å². The molecule has 106 valence electrons. The van der Waals surface area contributed by atoms with Crippen molar-refractivity contribution < 1.29 is 4.55 Å². The van der Waals surface area contributed by atoms with E-state index >= 15 is 0 Å². The second kappa shape index (κ2) is 6.70. The molecule has 1 heterocycles. The minimum absolute atomic E-state index is 0.381.